The van der Waals surface area contributed by atoms with Crippen molar-refractivity contribution in [1.82, 2.24) is 14.1 Å². The molecule has 1 unspecified atom stereocenters. The number of carbonyl (C=O) groups excluding carboxylic acids is 1. The number of piperazine rings is 1. The monoisotopic (exact) mass is 470 g/mol. The van der Waals surface area contributed by atoms with Crippen molar-refractivity contribution in [3.8, 4) is 0 Å². The van der Waals surface area contributed by atoms with Gasteiger partial charge in [-0.1, -0.05) is 30.3 Å². The third-order valence-corrected chi connectivity index (χ3v) is 8.54. The van der Waals surface area contributed by atoms with Crippen LogP contribution in [0.2, 0.25) is 0 Å². The van der Waals surface area contributed by atoms with Crippen LogP contribution in [0.4, 0.5) is 5.69 Å². The molecule has 0 N–H and O–H groups in total. The minimum atomic E-state index is -3.64. The minimum Gasteiger partial charge on any atom is -0.368 e. The highest BCUT2D eigenvalue weighted by atomic mass is 32.2. The molecule has 1 atom stereocenters. The van der Waals surface area contributed by atoms with E-state index in [0.717, 1.165) is 13.1 Å². The maximum Gasteiger partial charge on any atom is 0.244 e. The fraction of sp³-hybridized carbons (Fsp3) is 0.480. The van der Waals surface area contributed by atoms with Crippen LogP contribution in [-0.4, -0.2) is 79.9 Å². The van der Waals surface area contributed by atoms with Crippen LogP contribution in [0.1, 0.15) is 25.0 Å². The largest absolute Gasteiger partial charge is 0.368 e. The second-order valence-electron chi connectivity index (χ2n) is 9.32. The number of carbonyl (C=O) groups is 1. The Labute approximate surface area is 197 Å². The smallest absolute Gasteiger partial charge is 0.244 e. The van der Waals surface area contributed by atoms with Gasteiger partial charge in [-0.2, -0.15) is 4.31 Å². The second-order valence-corrected chi connectivity index (χ2v) is 11.3. The number of anilines is 1. The molecular formula is C25H34N4O3S. The Morgan fingerprint density at radius 1 is 0.970 bits per heavy atom. The van der Waals surface area contributed by atoms with E-state index in [4.69, 9.17) is 0 Å². The molecule has 178 valence electrons. The first-order valence-electron chi connectivity index (χ1n) is 11.6. The lowest BCUT2D eigenvalue weighted by Gasteiger charge is -2.39. The zero-order valence-corrected chi connectivity index (χ0v) is 20.8. The lowest BCUT2D eigenvalue weighted by Crippen LogP contribution is -2.55. The summed E-state index contributed by atoms with van der Waals surface area (Å²) in [5.74, 6) is 0.0232. The molecule has 33 heavy (non-hydrogen) atoms. The summed E-state index contributed by atoms with van der Waals surface area (Å²) >= 11 is 0. The Hall–Kier alpha value is -2.42. The number of aryl methyl sites for hydroxylation is 2. The van der Waals surface area contributed by atoms with E-state index in [9.17, 15) is 13.2 Å². The minimum absolute atomic E-state index is 0.0232. The van der Waals surface area contributed by atoms with Crippen molar-refractivity contribution in [2.75, 3.05) is 44.3 Å². The van der Waals surface area contributed by atoms with Crippen molar-refractivity contribution in [3.05, 3.63) is 59.7 Å². The highest BCUT2D eigenvalue weighted by Crippen LogP contribution is 2.27. The van der Waals surface area contributed by atoms with Crippen molar-refractivity contribution in [2.45, 2.75) is 44.7 Å². The van der Waals surface area contributed by atoms with Gasteiger partial charge in [0.1, 0.15) is 6.04 Å². The molecule has 4 rings (SSSR count). The van der Waals surface area contributed by atoms with E-state index in [-0.39, 0.29) is 30.1 Å². The molecule has 8 heteroatoms. The van der Waals surface area contributed by atoms with Gasteiger partial charge in [-0.25, -0.2) is 8.42 Å². The van der Waals surface area contributed by atoms with Crippen LogP contribution in [-0.2, 0) is 14.8 Å². The van der Waals surface area contributed by atoms with Gasteiger partial charge in [-0.05, 0) is 57.0 Å². The van der Waals surface area contributed by atoms with Crippen LogP contribution in [0.3, 0.4) is 0 Å². The van der Waals surface area contributed by atoms with Crippen molar-refractivity contribution < 1.29 is 13.2 Å². The third-order valence-electron chi connectivity index (χ3n) is 6.72. The lowest BCUT2D eigenvalue weighted by molar-refractivity contribution is -0.136. The molecule has 0 spiro atoms. The topological polar surface area (TPSA) is 64.2 Å². The maximum absolute atomic E-state index is 13.5. The number of hydrogen-bond acceptors (Lipinski definition) is 5. The van der Waals surface area contributed by atoms with Crippen LogP contribution >= 0.6 is 0 Å². The van der Waals surface area contributed by atoms with Gasteiger partial charge in [0.15, 0.2) is 0 Å². The summed E-state index contributed by atoms with van der Waals surface area (Å²) in [5.41, 5.74) is 3.70. The molecule has 2 fully saturated rings. The molecule has 7 nitrogen and oxygen atoms in total. The van der Waals surface area contributed by atoms with E-state index in [0.29, 0.717) is 13.1 Å². The fourth-order valence-electron chi connectivity index (χ4n) is 4.73. The first-order chi connectivity index (χ1) is 15.7. The van der Waals surface area contributed by atoms with Crippen LogP contribution in [0, 0.1) is 13.8 Å². The van der Waals surface area contributed by atoms with Crippen LogP contribution in [0.5, 0.6) is 0 Å². The molecule has 2 aliphatic rings. The molecule has 0 saturated carbocycles. The predicted octanol–water partition coefficient (Wildman–Crippen LogP) is 2.69. The average Bonchev–Trinajstić information content (AvgIpc) is 3.28. The number of sulfonamides is 1. The predicted molar refractivity (Wildman–Crippen MR) is 131 cm³/mol. The summed E-state index contributed by atoms with van der Waals surface area (Å²) in [5, 5.41) is 0. The first-order valence-corrected chi connectivity index (χ1v) is 13.0. The van der Waals surface area contributed by atoms with Gasteiger partial charge in [0.2, 0.25) is 15.9 Å². The van der Waals surface area contributed by atoms with E-state index in [1.54, 1.807) is 30.3 Å². The van der Waals surface area contributed by atoms with Crippen molar-refractivity contribution in [3.63, 3.8) is 0 Å². The zero-order chi connectivity index (χ0) is 23.8. The summed E-state index contributed by atoms with van der Waals surface area (Å²) in [7, 11) is -3.64. The lowest BCUT2D eigenvalue weighted by atomic mass is 10.1. The molecule has 2 saturated heterocycles. The molecule has 2 aromatic rings. The van der Waals surface area contributed by atoms with E-state index >= 15 is 0 Å². The molecule has 2 aromatic carbocycles. The Kier molecular flexibility index (Phi) is 6.79. The number of benzene rings is 2. The SMILES string of the molecule is Cc1ccc(C)c(N2CCN(C(=O)C3CN(S(=O)(=O)c4ccccc4)CN3C(C)C)CC2)c1. The molecule has 0 bridgehead atoms. The maximum atomic E-state index is 13.5. The molecule has 0 aliphatic carbocycles. The number of nitrogens with zero attached hydrogens (tertiary/aromatic N) is 4. The van der Waals surface area contributed by atoms with Gasteiger partial charge in [0.05, 0.1) is 11.6 Å². The summed E-state index contributed by atoms with van der Waals surface area (Å²) in [6.07, 6.45) is 0. The van der Waals surface area contributed by atoms with Crippen molar-refractivity contribution in [1.29, 1.82) is 0 Å². The van der Waals surface area contributed by atoms with Crippen LogP contribution < -0.4 is 4.90 Å². The molecule has 2 aliphatic heterocycles. The van der Waals surface area contributed by atoms with Gasteiger partial charge in [-0.15, -0.1) is 0 Å². The van der Waals surface area contributed by atoms with Crippen molar-refractivity contribution in [2.24, 2.45) is 0 Å². The van der Waals surface area contributed by atoms with Gasteiger partial charge in [-0.3, -0.25) is 9.69 Å². The average molecular weight is 471 g/mol. The van der Waals surface area contributed by atoms with Gasteiger partial charge in [0.25, 0.3) is 0 Å². The van der Waals surface area contributed by atoms with Gasteiger partial charge >= 0.3 is 0 Å². The van der Waals surface area contributed by atoms with E-state index < -0.39 is 16.1 Å². The van der Waals surface area contributed by atoms with Crippen LogP contribution in [0.15, 0.2) is 53.4 Å². The Morgan fingerprint density at radius 3 is 2.27 bits per heavy atom. The normalized spacial score (nSPS) is 20.6. The molecular weight excluding hydrogens is 436 g/mol. The van der Waals surface area contributed by atoms with Gasteiger partial charge < -0.3 is 9.80 Å². The summed E-state index contributed by atoms with van der Waals surface area (Å²) in [6.45, 7) is 11.5. The van der Waals surface area contributed by atoms with Gasteiger partial charge in [0, 0.05) is 44.5 Å². The Balaban J connectivity index is 1.46. The van der Waals surface area contributed by atoms with Crippen molar-refractivity contribution >= 4 is 21.6 Å². The number of amides is 1. The highest BCUT2D eigenvalue weighted by molar-refractivity contribution is 7.89. The molecule has 0 radical (unpaired) electrons. The van der Waals surface area contributed by atoms with E-state index in [2.05, 4.69) is 36.9 Å². The highest BCUT2D eigenvalue weighted by Gasteiger charge is 2.44. The number of hydrogen-bond donors (Lipinski definition) is 0. The standard InChI is InChI=1S/C25H34N4O3S/c1-19(2)29-18-28(33(31,32)22-8-6-5-7-9-22)17-24(29)25(30)27-14-12-26(13-15-27)23-16-20(3)10-11-21(23)4/h5-11,16,19,24H,12-15,17-18H2,1-4H3. The summed E-state index contributed by atoms with van der Waals surface area (Å²) in [6, 6.07) is 14.5. The quantitative estimate of drug-likeness (QED) is 0.672. The Morgan fingerprint density at radius 2 is 1.64 bits per heavy atom. The Bertz CT molecular complexity index is 1100. The van der Waals surface area contributed by atoms with Crippen LogP contribution in [0.25, 0.3) is 0 Å². The van der Waals surface area contributed by atoms with E-state index in [1.165, 1.54) is 21.1 Å². The third kappa shape index (κ3) is 4.78. The first kappa shape index (κ1) is 23.7. The summed E-state index contributed by atoms with van der Waals surface area (Å²) in [4.78, 5) is 20.0. The molecule has 1 amide bonds. The number of rotatable bonds is 5. The molecule has 0 aromatic heterocycles. The fourth-order valence-corrected chi connectivity index (χ4v) is 6.16. The summed E-state index contributed by atoms with van der Waals surface area (Å²) < 4.78 is 27.8. The second kappa shape index (κ2) is 9.44. The van der Waals surface area contributed by atoms with E-state index in [1.807, 2.05) is 23.6 Å². The molecule has 2 heterocycles. The zero-order valence-electron chi connectivity index (χ0n) is 19.9.